The van der Waals surface area contributed by atoms with Crippen LogP contribution in [-0.4, -0.2) is 24.5 Å². The van der Waals surface area contributed by atoms with Crippen LogP contribution in [0.15, 0.2) is 34.5 Å². The lowest BCUT2D eigenvalue weighted by atomic mass is 10.2. The van der Waals surface area contributed by atoms with Crippen LogP contribution in [0.2, 0.25) is 0 Å². The summed E-state index contributed by atoms with van der Waals surface area (Å²) < 4.78 is 26.4. The SMILES string of the molecule is Cc1nc(CNS(=O)(=O)c2ccc(C(=O)O)cc2)cs1. The van der Waals surface area contributed by atoms with Crippen LogP contribution in [0.1, 0.15) is 21.1 Å². The van der Waals surface area contributed by atoms with Crippen molar-refractivity contribution in [3.05, 3.63) is 45.9 Å². The highest BCUT2D eigenvalue weighted by molar-refractivity contribution is 7.89. The fourth-order valence-electron chi connectivity index (χ4n) is 1.52. The molecular formula is C12H12N2O4S2. The lowest BCUT2D eigenvalue weighted by Gasteiger charge is -2.05. The highest BCUT2D eigenvalue weighted by atomic mass is 32.2. The summed E-state index contributed by atoms with van der Waals surface area (Å²) in [6, 6.07) is 5.03. The topological polar surface area (TPSA) is 96.4 Å². The third-order valence-corrected chi connectivity index (χ3v) is 4.76. The fourth-order valence-corrected chi connectivity index (χ4v) is 3.13. The number of nitrogens with one attached hydrogen (secondary N) is 1. The van der Waals surface area contributed by atoms with Gasteiger partial charge in [0.25, 0.3) is 0 Å². The van der Waals surface area contributed by atoms with Gasteiger partial charge >= 0.3 is 5.97 Å². The van der Waals surface area contributed by atoms with Crippen LogP contribution in [0, 0.1) is 6.92 Å². The number of sulfonamides is 1. The molecule has 2 rings (SSSR count). The maximum Gasteiger partial charge on any atom is 0.335 e. The average molecular weight is 312 g/mol. The summed E-state index contributed by atoms with van der Waals surface area (Å²) in [5, 5.41) is 11.4. The van der Waals surface area contributed by atoms with Gasteiger partial charge in [-0.05, 0) is 31.2 Å². The second kappa shape index (κ2) is 5.70. The Morgan fingerprint density at radius 1 is 1.35 bits per heavy atom. The zero-order valence-corrected chi connectivity index (χ0v) is 12.2. The molecule has 1 aromatic heterocycles. The lowest BCUT2D eigenvalue weighted by Crippen LogP contribution is -2.23. The Bertz CT molecular complexity index is 720. The van der Waals surface area contributed by atoms with Gasteiger partial charge in [0.05, 0.1) is 27.7 Å². The van der Waals surface area contributed by atoms with Gasteiger partial charge in [0.15, 0.2) is 0 Å². The minimum Gasteiger partial charge on any atom is -0.478 e. The molecule has 0 radical (unpaired) electrons. The summed E-state index contributed by atoms with van der Waals surface area (Å²) >= 11 is 1.44. The zero-order valence-electron chi connectivity index (χ0n) is 10.5. The molecule has 0 saturated heterocycles. The van der Waals surface area contributed by atoms with Gasteiger partial charge in [0, 0.05) is 5.38 Å². The summed E-state index contributed by atoms with van der Waals surface area (Å²) in [5.41, 5.74) is 0.692. The van der Waals surface area contributed by atoms with E-state index in [2.05, 4.69) is 9.71 Å². The van der Waals surface area contributed by atoms with E-state index in [-0.39, 0.29) is 17.0 Å². The van der Waals surface area contributed by atoms with Gasteiger partial charge in [-0.1, -0.05) is 0 Å². The molecule has 0 spiro atoms. The molecule has 0 aliphatic carbocycles. The molecule has 1 heterocycles. The number of aromatic carboxylic acids is 1. The maximum absolute atomic E-state index is 12.0. The van der Waals surface area contributed by atoms with Crippen molar-refractivity contribution in [2.24, 2.45) is 0 Å². The summed E-state index contributed by atoms with van der Waals surface area (Å²) in [7, 11) is -3.67. The number of nitrogens with zero attached hydrogens (tertiary/aromatic N) is 1. The number of carbonyl (C=O) groups is 1. The molecule has 0 aliphatic rings. The van der Waals surface area contributed by atoms with Crippen molar-refractivity contribution in [2.45, 2.75) is 18.4 Å². The van der Waals surface area contributed by atoms with Gasteiger partial charge in [-0.15, -0.1) is 11.3 Å². The number of benzene rings is 1. The first-order valence-corrected chi connectivity index (χ1v) is 7.99. The second-order valence-electron chi connectivity index (χ2n) is 4.01. The molecular weight excluding hydrogens is 300 g/mol. The summed E-state index contributed by atoms with van der Waals surface area (Å²) in [6.07, 6.45) is 0. The van der Waals surface area contributed by atoms with E-state index in [9.17, 15) is 13.2 Å². The molecule has 2 N–H and O–H groups in total. The molecule has 20 heavy (non-hydrogen) atoms. The Morgan fingerprint density at radius 3 is 2.50 bits per heavy atom. The van der Waals surface area contributed by atoms with Gasteiger partial charge in [-0.2, -0.15) is 0 Å². The van der Waals surface area contributed by atoms with Gasteiger partial charge in [0.1, 0.15) is 0 Å². The highest BCUT2D eigenvalue weighted by Gasteiger charge is 2.15. The predicted molar refractivity (Wildman–Crippen MR) is 74.3 cm³/mol. The summed E-state index contributed by atoms with van der Waals surface area (Å²) in [6.45, 7) is 1.95. The number of hydrogen-bond donors (Lipinski definition) is 2. The van der Waals surface area contributed by atoms with Crippen molar-refractivity contribution in [3.63, 3.8) is 0 Å². The first-order chi connectivity index (χ1) is 9.38. The molecule has 8 heteroatoms. The number of aryl methyl sites for hydroxylation is 1. The Morgan fingerprint density at radius 2 is 2.00 bits per heavy atom. The fraction of sp³-hybridized carbons (Fsp3) is 0.167. The zero-order chi connectivity index (χ0) is 14.8. The molecule has 6 nitrogen and oxygen atoms in total. The Labute approximate surface area is 120 Å². The van der Waals surface area contributed by atoms with Crippen molar-refractivity contribution < 1.29 is 18.3 Å². The molecule has 0 fully saturated rings. The molecule has 0 aliphatic heterocycles. The van der Waals surface area contributed by atoms with Crippen molar-refractivity contribution in [2.75, 3.05) is 0 Å². The predicted octanol–water partition coefficient (Wildman–Crippen LogP) is 1.63. The van der Waals surface area contributed by atoms with Gasteiger partial charge in [-0.25, -0.2) is 22.9 Å². The van der Waals surface area contributed by atoms with Crippen LogP contribution in [0.3, 0.4) is 0 Å². The Kier molecular flexibility index (Phi) is 4.17. The second-order valence-corrected chi connectivity index (χ2v) is 6.84. The minimum absolute atomic E-state index is 0.0226. The molecule has 0 bridgehead atoms. The number of rotatable bonds is 5. The third kappa shape index (κ3) is 3.41. The van der Waals surface area contributed by atoms with Crippen LogP contribution in [0.5, 0.6) is 0 Å². The van der Waals surface area contributed by atoms with Crippen molar-refractivity contribution >= 4 is 27.3 Å². The Hall–Kier alpha value is -1.77. The number of carboxylic acid groups (broad SMARTS) is 1. The van der Waals surface area contributed by atoms with E-state index in [1.807, 2.05) is 6.92 Å². The standard InChI is InChI=1S/C12H12N2O4S2/c1-8-14-10(7-19-8)6-13-20(17,18)11-4-2-9(3-5-11)12(15)16/h2-5,7,13H,6H2,1H3,(H,15,16). The number of carboxylic acids is 1. The van der Waals surface area contributed by atoms with Crippen LogP contribution in [0.4, 0.5) is 0 Å². The van der Waals surface area contributed by atoms with Gasteiger partial charge < -0.3 is 5.11 Å². The largest absolute Gasteiger partial charge is 0.478 e. The minimum atomic E-state index is -3.67. The van der Waals surface area contributed by atoms with E-state index in [0.717, 1.165) is 5.01 Å². The monoisotopic (exact) mass is 312 g/mol. The molecule has 0 saturated carbocycles. The molecule has 106 valence electrons. The summed E-state index contributed by atoms with van der Waals surface area (Å²) in [4.78, 5) is 14.9. The van der Waals surface area contributed by atoms with E-state index in [4.69, 9.17) is 5.11 Å². The summed E-state index contributed by atoms with van der Waals surface area (Å²) in [5.74, 6) is -1.10. The molecule has 0 atom stereocenters. The highest BCUT2D eigenvalue weighted by Crippen LogP contribution is 2.12. The number of hydrogen-bond acceptors (Lipinski definition) is 5. The van der Waals surface area contributed by atoms with Crippen molar-refractivity contribution in [1.29, 1.82) is 0 Å². The first kappa shape index (κ1) is 14.6. The normalized spacial score (nSPS) is 11.4. The molecule has 2 aromatic rings. The van der Waals surface area contributed by atoms with Crippen LogP contribution >= 0.6 is 11.3 Å². The van der Waals surface area contributed by atoms with E-state index >= 15 is 0 Å². The molecule has 0 amide bonds. The van der Waals surface area contributed by atoms with E-state index in [1.54, 1.807) is 5.38 Å². The quantitative estimate of drug-likeness (QED) is 0.874. The van der Waals surface area contributed by atoms with Gasteiger partial charge in [-0.3, -0.25) is 0 Å². The molecule has 0 unspecified atom stereocenters. The van der Waals surface area contributed by atoms with E-state index < -0.39 is 16.0 Å². The smallest absolute Gasteiger partial charge is 0.335 e. The van der Waals surface area contributed by atoms with Crippen molar-refractivity contribution in [3.8, 4) is 0 Å². The van der Waals surface area contributed by atoms with Crippen LogP contribution in [-0.2, 0) is 16.6 Å². The van der Waals surface area contributed by atoms with Crippen LogP contribution < -0.4 is 4.72 Å². The number of thiazole rings is 1. The van der Waals surface area contributed by atoms with E-state index in [0.29, 0.717) is 5.69 Å². The van der Waals surface area contributed by atoms with Crippen molar-refractivity contribution in [1.82, 2.24) is 9.71 Å². The third-order valence-electron chi connectivity index (χ3n) is 2.52. The first-order valence-electron chi connectivity index (χ1n) is 5.62. The average Bonchev–Trinajstić information content (AvgIpc) is 2.82. The lowest BCUT2D eigenvalue weighted by molar-refractivity contribution is 0.0696. The van der Waals surface area contributed by atoms with Gasteiger partial charge in [0.2, 0.25) is 10.0 Å². The maximum atomic E-state index is 12.0. The molecule has 1 aromatic carbocycles. The Balaban J connectivity index is 2.11. The van der Waals surface area contributed by atoms with E-state index in [1.165, 1.54) is 35.6 Å². The number of aromatic nitrogens is 1. The van der Waals surface area contributed by atoms with Crippen LogP contribution in [0.25, 0.3) is 0 Å².